The Kier molecular flexibility index (Phi) is 5.17. The molecule has 0 amide bonds. The molecule has 4 heteroatoms. The summed E-state index contributed by atoms with van der Waals surface area (Å²) in [6.45, 7) is 11.7. The van der Waals surface area contributed by atoms with Crippen LogP contribution in [0.3, 0.4) is 0 Å². The fourth-order valence-electron chi connectivity index (χ4n) is 2.51. The third-order valence-corrected chi connectivity index (χ3v) is 4.03. The van der Waals surface area contributed by atoms with E-state index in [9.17, 15) is 4.79 Å². The van der Waals surface area contributed by atoms with Gasteiger partial charge in [-0.2, -0.15) is 0 Å². The molecule has 0 saturated carbocycles. The molecule has 106 valence electrons. The van der Waals surface area contributed by atoms with Crippen LogP contribution in [0.25, 0.3) is 0 Å². The minimum Gasteiger partial charge on any atom is -0.481 e. The molecule has 1 atom stereocenters. The zero-order valence-electron chi connectivity index (χ0n) is 12.4. The highest BCUT2D eigenvalue weighted by molar-refractivity contribution is 5.67. The summed E-state index contributed by atoms with van der Waals surface area (Å²) in [5.41, 5.74) is 0.131. The van der Waals surface area contributed by atoms with E-state index in [1.807, 2.05) is 0 Å². The highest BCUT2D eigenvalue weighted by Gasteiger charge is 2.37. The summed E-state index contributed by atoms with van der Waals surface area (Å²) in [6, 6.07) is 0.152. The van der Waals surface area contributed by atoms with Gasteiger partial charge in [0.05, 0.1) is 6.42 Å². The van der Waals surface area contributed by atoms with Gasteiger partial charge in [0.15, 0.2) is 0 Å². The van der Waals surface area contributed by atoms with Crippen molar-refractivity contribution in [2.75, 3.05) is 26.7 Å². The van der Waals surface area contributed by atoms with Gasteiger partial charge in [0.1, 0.15) is 0 Å². The Morgan fingerprint density at radius 2 is 2.06 bits per heavy atom. The summed E-state index contributed by atoms with van der Waals surface area (Å²) < 4.78 is 0. The number of likely N-dealkylation sites (N-methyl/N-ethyl adjacent to an activating group) is 1. The normalized spacial score (nSPS) is 25.6. The monoisotopic (exact) mass is 256 g/mol. The van der Waals surface area contributed by atoms with E-state index in [4.69, 9.17) is 5.11 Å². The third-order valence-electron chi connectivity index (χ3n) is 4.03. The Bertz CT molecular complexity index is 290. The molecule has 0 aromatic heterocycles. The maximum atomic E-state index is 11.0. The molecule has 1 N–H and O–H groups in total. The van der Waals surface area contributed by atoms with Gasteiger partial charge in [-0.25, -0.2) is 0 Å². The Morgan fingerprint density at radius 1 is 1.44 bits per heavy atom. The van der Waals surface area contributed by atoms with Crippen LogP contribution >= 0.6 is 0 Å². The Morgan fingerprint density at radius 3 is 2.56 bits per heavy atom. The molecule has 1 aliphatic rings. The van der Waals surface area contributed by atoms with E-state index in [0.717, 1.165) is 26.1 Å². The van der Waals surface area contributed by atoms with Crippen LogP contribution in [-0.4, -0.2) is 59.1 Å². The molecule has 0 radical (unpaired) electrons. The number of hydrogen-bond acceptors (Lipinski definition) is 3. The highest BCUT2D eigenvalue weighted by Crippen LogP contribution is 2.25. The molecule has 0 spiro atoms. The predicted molar refractivity (Wildman–Crippen MR) is 73.8 cm³/mol. The lowest BCUT2D eigenvalue weighted by Crippen LogP contribution is -2.62. The lowest BCUT2D eigenvalue weighted by Gasteiger charge is -2.49. The molecular formula is C14H28N2O2. The zero-order chi connectivity index (χ0) is 13.9. The largest absolute Gasteiger partial charge is 0.481 e. The van der Waals surface area contributed by atoms with E-state index in [1.54, 1.807) is 0 Å². The van der Waals surface area contributed by atoms with Crippen LogP contribution in [0.2, 0.25) is 0 Å². The molecule has 18 heavy (non-hydrogen) atoms. The Hall–Kier alpha value is -0.610. The molecular weight excluding hydrogens is 228 g/mol. The van der Waals surface area contributed by atoms with Crippen molar-refractivity contribution < 1.29 is 9.90 Å². The summed E-state index contributed by atoms with van der Waals surface area (Å²) in [5, 5.41) is 9.03. The van der Waals surface area contributed by atoms with Crippen LogP contribution in [0.15, 0.2) is 0 Å². The van der Waals surface area contributed by atoms with Crippen molar-refractivity contribution in [2.24, 2.45) is 5.92 Å². The second-order valence-electron chi connectivity index (χ2n) is 6.60. The van der Waals surface area contributed by atoms with Crippen molar-refractivity contribution in [3.8, 4) is 0 Å². The number of hydrogen-bond donors (Lipinski definition) is 1. The minimum atomic E-state index is -0.692. The molecule has 1 aliphatic heterocycles. The Balaban J connectivity index is 2.69. The van der Waals surface area contributed by atoms with Gasteiger partial charge in [0, 0.05) is 24.7 Å². The van der Waals surface area contributed by atoms with Crippen molar-refractivity contribution in [1.29, 1.82) is 0 Å². The van der Waals surface area contributed by atoms with Crippen LogP contribution in [0.4, 0.5) is 0 Å². The second kappa shape index (κ2) is 6.02. The van der Waals surface area contributed by atoms with Crippen molar-refractivity contribution in [3.05, 3.63) is 0 Å². The number of aliphatic carboxylic acids is 1. The van der Waals surface area contributed by atoms with Crippen LogP contribution < -0.4 is 0 Å². The molecule has 0 aliphatic carbocycles. The van der Waals surface area contributed by atoms with E-state index < -0.39 is 5.97 Å². The fourth-order valence-corrected chi connectivity index (χ4v) is 2.51. The smallest absolute Gasteiger partial charge is 0.304 e. The lowest BCUT2D eigenvalue weighted by atomic mass is 9.94. The van der Waals surface area contributed by atoms with E-state index in [0.29, 0.717) is 5.92 Å². The molecule has 4 nitrogen and oxygen atoms in total. The molecule has 1 saturated heterocycles. The van der Waals surface area contributed by atoms with Crippen molar-refractivity contribution in [3.63, 3.8) is 0 Å². The van der Waals surface area contributed by atoms with Crippen LogP contribution in [0.5, 0.6) is 0 Å². The van der Waals surface area contributed by atoms with E-state index >= 15 is 0 Å². The first-order valence-electron chi connectivity index (χ1n) is 6.89. The van der Waals surface area contributed by atoms with Gasteiger partial charge < -0.3 is 5.11 Å². The number of carboxylic acids is 1. The van der Waals surface area contributed by atoms with Gasteiger partial charge in [-0.15, -0.1) is 0 Å². The first kappa shape index (κ1) is 15.4. The molecule has 0 aromatic carbocycles. The number of nitrogens with zero attached hydrogens (tertiary/aromatic N) is 2. The van der Waals surface area contributed by atoms with Crippen molar-refractivity contribution >= 4 is 5.97 Å². The Labute approximate surface area is 111 Å². The van der Waals surface area contributed by atoms with Gasteiger partial charge in [-0.3, -0.25) is 14.6 Å². The highest BCUT2D eigenvalue weighted by atomic mass is 16.4. The van der Waals surface area contributed by atoms with Crippen molar-refractivity contribution in [2.45, 2.75) is 52.1 Å². The van der Waals surface area contributed by atoms with Crippen LogP contribution in [-0.2, 0) is 4.79 Å². The molecule has 1 fully saturated rings. The van der Waals surface area contributed by atoms with Gasteiger partial charge >= 0.3 is 5.97 Å². The topological polar surface area (TPSA) is 43.8 Å². The SMILES string of the molecule is CC(C)CCN1CC(C)(C)N(C)CC1CC(=O)O. The molecule has 1 heterocycles. The molecule has 0 aromatic rings. The summed E-state index contributed by atoms with van der Waals surface area (Å²) in [4.78, 5) is 15.6. The van der Waals surface area contributed by atoms with Gasteiger partial charge in [0.2, 0.25) is 0 Å². The number of carbonyl (C=O) groups is 1. The predicted octanol–water partition coefficient (Wildman–Crippen LogP) is 1.90. The molecule has 0 bridgehead atoms. The van der Waals surface area contributed by atoms with Gasteiger partial charge in [-0.1, -0.05) is 13.8 Å². The zero-order valence-corrected chi connectivity index (χ0v) is 12.4. The van der Waals surface area contributed by atoms with E-state index in [-0.39, 0.29) is 18.0 Å². The summed E-state index contributed by atoms with van der Waals surface area (Å²) >= 11 is 0. The van der Waals surface area contributed by atoms with Crippen molar-refractivity contribution in [1.82, 2.24) is 9.80 Å². The minimum absolute atomic E-state index is 0.131. The number of carboxylic acid groups (broad SMARTS) is 1. The second-order valence-corrected chi connectivity index (χ2v) is 6.60. The lowest BCUT2D eigenvalue weighted by molar-refractivity contribution is -0.139. The fraction of sp³-hybridized carbons (Fsp3) is 0.929. The molecule has 1 unspecified atom stereocenters. The first-order chi connectivity index (χ1) is 8.22. The summed E-state index contributed by atoms with van der Waals surface area (Å²) in [5.74, 6) is -0.0269. The van der Waals surface area contributed by atoms with Gasteiger partial charge in [0.25, 0.3) is 0 Å². The average molecular weight is 256 g/mol. The number of piperazine rings is 1. The third kappa shape index (κ3) is 4.25. The standard InChI is InChI=1S/C14H28N2O2/c1-11(2)6-7-16-10-14(3,4)15(5)9-12(16)8-13(17)18/h11-12H,6-10H2,1-5H3,(H,17,18). The van der Waals surface area contributed by atoms with Crippen LogP contribution in [0.1, 0.15) is 40.5 Å². The van der Waals surface area contributed by atoms with E-state index in [1.165, 1.54) is 0 Å². The first-order valence-corrected chi connectivity index (χ1v) is 6.89. The number of rotatable bonds is 5. The summed E-state index contributed by atoms with van der Waals surface area (Å²) in [6.07, 6.45) is 1.38. The van der Waals surface area contributed by atoms with Gasteiger partial charge in [-0.05, 0) is 39.8 Å². The summed E-state index contributed by atoms with van der Waals surface area (Å²) in [7, 11) is 2.09. The quantitative estimate of drug-likeness (QED) is 0.816. The van der Waals surface area contributed by atoms with E-state index in [2.05, 4.69) is 44.5 Å². The molecule has 1 rings (SSSR count). The maximum absolute atomic E-state index is 11.0. The van der Waals surface area contributed by atoms with Crippen LogP contribution in [0, 0.1) is 5.92 Å². The maximum Gasteiger partial charge on any atom is 0.304 e. The average Bonchev–Trinajstić information content (AvgIpc) is 2.20.